The summed E-state index contributed by atoms with van der Waals surface area (Å²) >= 11 is 0. The Hall–Kier alpha value is -2.29. The molecule has 1 aromatic heterocycles. The highest BCUT2D eigenvalue weighted by Gasteiger charge is 2.34. The number of sulfonamides is 1. The number of likely N-dealkylation sites (N-methyl/N-ethyl adjacent to an activating group) is 1. The second-order valence-electron chi connectivity index (χ2n) is 7.07. The molecular weight excluding hydrogens is 390 g/mol. The number of piperidine rings is 1. The van der Waals surface area contributed by atoms with E-state index in [-0.39, 0.29) is 16.5 Å². The van der Waals surface area contributed by atoms with E-state index in [2.05, 4.69) is 16.8 Å². The number of benzene rings is 1. The van der Waals surface area contributed by atoms with Gasteiger partial charge in [-0.1, -0.05) is 19.1 Å². The number of aromatic nitrogens is 1. The standard InChI is InChI=1S/C21H27N3O4S/c1-3-23(15-17-10-12-22-13-11-17)18-7-6-14-24(16-18)29(26,27)20-9-5-4-8-19(20)21(25)28-2/h4-5,8-13,18H,3,6-7,14-16H2,1-2H3. The molecule has 0 radical (unpaired) electrons. The first-order chi connectivity index (χ1) is 14.0. The molecule has 0 N–H and O–H groups in total. The van der Waals surface area contributed by atoms with Crippen molar-refractivity contribution in [2.24, 2.45) is 0 Å². The summed E-state index contributed by atoms with van der Waals surface area (Å²) in [5, 5.41) is 0. The molecular formula is C21H27N3O4S. The number of methoxy groups -OCH3 is 1. The van der Waals surface area contributed by atoms with Gasteiger partial charge in [-0.3, -0.25) is 9.88 Å². The van der Waals surface area contributed by atoms with E-state index in [9.17, 15) is 13.2 Å². The third-order valence-electron chi connectivity index (χ3n) is 5.33. The fourth-order valence-corrected chi connectivity index (χ4v) is 5.46. The number of carbonyl (C=O) groups is 1. The molecule has 3 rings (SSSR count). The molecule has 1 aliphatic heterocycles. The van der Waals surface area contributed by atoms with Gasteiger partial charge in [-0.25, -0.2) is 13.2 Å². The molecule has 7 nitrogen and oxygen atoms in total. The van der Waals surface area contributed by atoms with Crippen molar-refractivity contribution in [1.82, 2.24) is 14.2 Å². The molecule has 0 bridgehead atoms. The lowest BCUT2D eigenvalue weighted by atomic mass is 10.1. The van der Waals surface area contributed by atoms with Gasteiger partial charge in [0.2, 0.25) is 10.0 Å². The van der Waals surface area contributed by atoms with E-state index in [1.54, 1.807) is 24.5 Å². The molecule has 1 saturated heterocycles. The average Bonchev–Trinajstić information content (AvgIpc) is 2.77. The van der Waals surface area contributed by atoms with Crippen LogP contribution >= 0.6 is 0 Å². The summed E-state index contributed by atoms with van der Waals surface area (Å²) in [4.78, 5) is 18.4. The molecule has 1 fully saturated rings. The summed E-state index contributed by atoms with van der Waals surface area (Å²) in [6.45, 7) is 4.50. The number of pyridine rings is 1. The third kappa shape index (κ3) is 4.83. The van der Waals surface area contributed by atoms with Gasteiger partial charge in [-0.2, -0.15) is 4.31 Å². The molecule has 1 atom stereocenters. The van der Waals surface area contributed by atoms with Crippen LogP contribution in [-0.2, 0) is 21.3 Å². The van der Waals surface area contributed by atoms with E-state index in [0.29, 0.717) is 13.1 Å². The zero-order valence-corrected chi connectivity index (χ0v) is 17.6. The normalized spacial score (nSPS) is 18.0. The molecule has 0 aliphatic carbocycles. The molecule has 1 aromatic carbocycles. The smallest absolute Gasteiger partial charge is 0.339 e. The number of hydrogen-bond acceptors (Lipinski definition) is 6. The Morgan fingerprint density at radius 3 is 2.66 bits per heavy atom. The lowest BCUT2D eigenvalue weighted by molar-refractivity contribution is 0.0596. The van der Waals surface area contributed by atoms with Gasteiger partial charge in [-0.15, -0.1) is 0 Å². The molecule has 0 spiro atoms. The summed E-state index contributed by atoms with van der Waals surface area (Å²) in [7, 11) is -2.55. The van der Waals surface area contributed by atoms with E-state index in [0.717, 1.165) is 31.5 Å². The van der Waals surface area contributed by atoms with E-state index < -0.39 is 16.0 Å². The zero-order valence-electron chi connectivity index (χ0n) is 16.8. The summed E-state index contributed by atoms with van der Waals surface area (Å²) in [6.07, 6.45) is 5.25. The predicted octanol–water partition coefficient (Wildman–Crippen LogP) is 2.54. The van der Waals surface area contributed by atoms with Gasteiger partial charge in [0.1, 0.15) is 0 Å². The van der Waals surface area contributed by atoms with Crippen molar-refractivity contribution in [2.45, 2.75) is 37.2 Å². The van der Waals surface area contributed by atoms with Crippen molar-refractivity contribution in [2.75, 3.05) is 26.7 Å². The topological polar surface area (TPSA) is 79.8 Å². The van der Waals surface area contributed by atoms with Crippen LogP contribution in [0.2, 0.25) is 0 Å². The molecule has 1 aliphatic rings. The number of ether oxygens (including phenoxy) is 1. The van der Waals surface area contributed by atoms with Crippen molar-refractivity contribution in [3.63, 3.8) is 0 Å². The summed E-state index contributed by atoms with van der Waals surface area (Å²) in [5.74, 6) is -0.648. The van der Waals surface area contributed by atoms with Crippen LogP contribution in [0.15, 0.2) is 53.7 Å². The minimum absolute atomic E-state index is 0.00434. The van der Waals surface area contributed by atoms with Crippen molar-refractivity contribution in [3.8, 4) is 0 Å². The summed E-state index contributed by atoms with van der Waals surface area (Å²) in [5.41, 5.74) is 1.22. The van der Waals surface area contributed by atoms with E-state index in [1.807, 2.05) is 12.1 Å². The number of rotatable bonds is 7. The van der Waals surface area contributed by atoms with Crippen LogP contribution < -0.4 is 0 Å². The van der Waals surface area contributed by atoms with Gasteiger partial charge < -0.3 is 4.74 Å². The third-order valence-corrected chi connectivity index (χ3v) is 7.25. The van der Waals surface area contributed by atoms with Crippen LogP contribution in [0.1, 0.15) is 35.7 Å². The Morgan fingerprint density at radius 1 is 1.24 bits per heavy atom. The van der Waals surface area contributed by atoms with Crippen molar-refractivity contribution >= 4 is 16.0 Å². The number of carbonyl (C=O) groups excluding carboxylic acids is 1. The van der Waals surface area contributed by atoms with Gasteiger partial charge in [0.05, 0.1) is 17.6 Å². The minimum atomic E-state index is -3.80. The Labute approximate surface area is 172 Å². The Balaban J connectivity index is 1.82. The molecule has 29 heavy (non-hydrogen) atoms. The molecule has 0 amide bonds. The Morgan fingerprint density at radius 2 is 1.97 bits per heavy atom. The maximum absolute atomic E-state index is 13.3. The monoisotopic (exact) mass is 417 g/mol. The highest BCUT2D eigenvalue weighted by Crippen LogP contribution is 2.26. The van der Waals surface area contributed by atoms with Crippen molar-refractivity contribution in [1.29, 1.82) is 0 Å². The van der Waals surface area contributed by atoms with Gasteiger partial charge in [0.15, 0.2) is 0 Å². The largest absolute Gasteiger partial charge is 0.465 e. The Bertz CT molecular complexity index is 934. The second-order valence-corrected chi connectivity index (χ2v) is 8.97. The van der Waals surface area contributed by atoms with Crippen LogP contribution in [0.4, 0.5) is 0 Å². The first-order valence-electron chi connectivity index (χ1n) is 9.77. The number of nitrogens with zero attached hydrogens (tertiary/aromatic N) is 3. The van der Waals surface area contributed by atoms with Crippen LogP contribution in [0, 0.1) is 0 Å². The lowest BCUT2D eigenvalue weighted by Gasteiger charge is -2.38. The first kappa shape index (κ1) is 21.4. The fourth-order valence-electron chi connectivity index (χ4n) is 3.77. The van der Waals surface area contributed by atoms with Gasteiger partial charge in [0.25, 0.3) is 0 Å². The predicted molar refractivity (Wildman–Crippen MR) is 110 cm³/mol. The van der Waals surface area contributed by atoms with Crippen LogP contribution in [0.25, 0.3) is 0 Å². The van der Waals surface area contributed by atoms with Crippen molar-refractivity contribution in [3.05, 3.63) is 59.9 Å². The van der Waals surface area contributed by atoms with Gasteiger partial charge >= 0.3 is 5.97 Å². The maximum atomic E-state index is 13.3. The Kier molecular flexibility index (Phi) is 7.00. The quantitative estimate of drug-likeness (QED) is 0.644. The number of esters is 1. The second kappa shape index (κ2) is 9.47. The molecule has 1 unspecified atom stereocenters. The van der Waals surface area contributed by atoms with Gasteiger partial charge in [-0.05, 0) is 49.2 Å². The molecule has 156 valence electrons. The zero-order chi connectivity index (χ0) is 20.9. The van der Waals surface area contributed by atoms with Crippen molar-refractivity contribution < 1.29 is 17.9 Å². The number of hydrogen-bond donors (Lipinski definition) is 0. The van der Waals surface area contributed by atoms with E-state index >= 15 is 0 Å². The molecule has 8 heteroatoms. The summed E-state index contributed by atoms with van der Waals surface area (Å²) < 4.78 is 32.9. The van der Waals surface area contributed by atoms with Crippen LogP contribution in [-0.4, -0.2) is 61.4 Å². The first-order valence-corrected chi connectivity index (χ1v) is 11.2. The highest BCUT2D eigenvalue weighted by atomic mass is 32.2. The van der Waals surface area contributed by atoms with Gasteiger partial charge in [0, 0.05) is 38.1 Å². The molecule has 2 aromatic rings. The highest BCUT2D eigenvalue weighted by molar-refractivity contribution is 7.89. The van der Waals surface area contributed by atoms with Crippen LogP contribution in [0.5, 0.6) is 0 Å². The SMILES string of the molecule is CCN(Cc1ccncc1)C1CCCN(S(=O)(=O)c2ccccc2C(=O)OC)C1. The van der Waals surface area contributed by atoms with E-state index in [4.69, 9.17) is 4.74 Å². The van der Waals surface area contributed by atoms with Crippen LogP contribution in [0.3, 0.4) is 0 Å². The summed E-state index contributed by atoms with van der Waals surface area (Å²) in [6, 6.07) is 10.3. The molecule has 2 heterocycles. The van der Waals surface area contributed by atoms with E-state index in [1.165, 1.54) is 23.5 Å². The lowest BCUT2D eigenvalue weighted by Crippen LogP contribution is -2.49. The minimum Gasteiger partial charge on any atom is -0.465 e. The fraction of sp³-hybridized carbons (Fsp3) is 0.429. The molecule has 0 saturated carbocycles. The average molecular weight is 418 g/mol. The maximum Gasteiger partial charge on any atom is 0.339 e.